The smallest absolute Gasteiger partial charge is 0.119 e. The van der Waals surface area contributed by atoms with E-state index in [2.05, 4.69) is 65.6 Å². The molecule has 0 N–H and O–H groups in total. The van der Waals surface area contributed by atoms with E-state index in [4.69, 9.17) is 4.74 Å². The van der Waals surface area contributed by atoms with E-state index in [1.54, 1.807) is 0 Å². The van der Waals surface area contributed by atoms with Gasteiger partial charge in [-0.1, -0.05) is 54.6 Å². The summed E-state index contributed by atoms with van der Waals surface area (Å²) in [6, 6.07) is 18.9. The molecular weight excluding hydrogens is 318 g/mol. The van der Waals surface area contributed by atoms with Gasteiger partial charge in [0.2, 0.25) is 0 Å². The minimum atomic E-state index is 0. The third kappa shape index (κ3) is 4.00. The predicted octanol–water partition coefficient (Wildman–Crippen LogP) is 4.75. The van der Waals surface area contributed by atoms with Crippen molar-refractivity contribution in [3.05, 3.63) is 65.7 Å². The van der Waals surface area contributed by atoms with Gasteiger partial charge in [-0.2, -0.15) is 0 Å². The molecule has 3 fully saturated rings. The fourth-order valence-corrected chi connectivity index (χ4v) is 3.63. The molecule has 2 aromatic carbocycles. The normalized spacial score (nSPS) is 25.4. The topological polar surface area (TPSA) is 12.5 Å². The van der Waals surface area contributed by atoms with Crippen LogP contribution >= 0.6 is 12.4 Å². The van der Waals surface area contributed by atoms with Crippen molar-refractivity contribution in [1.29, 1.82) is 0 Å². The van der Waals surface area contributed by atoms with Gasteiger partial charge in [0.25, 0.3) is 0 Å². The summed E-state index contributed by atoms with van der Waals surface area (Å²) in [6.45, 7) is 3.61. The highest BCUT2D eigenvalue weighted by atomic mass is 35.5. The van der Waals surface area contributed by atoms with E-state index >= 15 is 0 Å². The molecule has 126 valence electrons. The standard InChI is InChI=1S/C21H23NO.ClH/c1-2-4-17(5-3-1)6-7-18-8-10-20(11-9-18)23-21-16-22-14-12-19(21)13-15-22;/h1-11,19,21H,12-16H2;1H. The summed E-state index contributed by atoms with van der Waals surface area (Å²) in [4.78, 5) is 2.53. The molecule has 2 bridgehead atoms. The Morgan fingerprint density at radius 2 is 1.46 bits per heavy atom. The molecule has 0 aliphatic carbocycles. The van der Waals surface area contributed by atoms with E-state index in [0.717, 1.165) is 18.2 Å². The number of ether oxygens (including phenoxy) is 1. The Bertz CT molecular complexity index is 660. The Morgan fingerprint density at radius 3 is 2.04 bits per heavy atom. The zero-order valence-corrected chi connectivity index (χ0v) is 14.6. The van der Waals surface area contributed by atoms with Crippen LogP contribution in [0, 0.1) is 5.92 Å². The molecule has 0 aromatic heterocycles. The van der Waals surface area contributed by atoms with Crippen molar-refractivity contribution < 1.29 is 4.74 Å². The summed E-state index contributed by atoms with van der Waals surface area (Å²) >= 11 is 0. The van der Waals surface area contributed by atoms with Gasteiger partial charge in [0.1, 0.15) is 11.9 Å². The lowest BCUT2D eigenvalue weighted by Gasteiger charge is -2.44. The van der Waals surface area contributed by atoms with E-state index in [9.17, 15) is 0 Å². The van der Waals surface area contributed by atoms with Crippen LogP contribution in [0.3, 0.4) is 0 Å². The molecule has 3 heteroatoms. The molecule has 1 atom stereocenters. The van der Waals surface area contributed by atoms with E-state index in [-0.39, 0.29) is 12.4 Å². The van der Waals surface area contributed by atoms with Crippen molar-refractivity contribution in [2.24, 2.45) is 5.92 Å². The molecular formula is C21H24ClNO. The highest BCUT2D eigenvalue weighted by Crippen LogP contribution is 2.30. The summed E-state index contributed by atoms with van der Waals surface area (Å²) in [7, 11) is 0. The van der Waals surface area contributed by atoms with Gasteiger partial charge in [-0.05, 0) is 55.1 Å². The van der Waals surface area contributed by atoms with Gasteiger partial charge in [-0.3, -0.25) is 4.90 Å². The second kappa shape index (κ2) is 7.87. The molecule has 2 nitrogen and oxygen atoms in total. The molecule has 0 amide bonds. The first-order valence-corrected chi connectivity index (χ1v) is 8.59. The van der Waals surface area contributed by atoms with E-state index in [0.29, 0.717) is 6.10 Å². The van der Waals surface area contributed by atoms with Gasteiger partial charge in [0.05, 0.1) is 0 Å². The number of fused-ring (bicyclic) bond motifs is 3. The number of benzene rings is 2. The Kier molecular flexibility index (Phi) is 5.60. The fraction of sp³-hybridized carbons (Fsp3) is 0.333. The van der Waals surface area contributed by atoms with Crippen molar-refractivity contribution in [3.63, 3.8) is 0 Å². The molecule has 3 saturated heterocycles. The first-order valence-electron chi connectivity index (χ1n) is 8.59. The largest absolute Gasteiger partial charge is 0.489 e. The van der Waals surface area contributed by atoms with Gasteiger partial charge in [-0.15, -0.1) is 12.4 Å². The van der Waals surface area contributed by atoms with E-state index in [1.165, 1.54) is 37.1 Å². The zero-order valence-electron chi connectivity index (χ0n) is 13.8. The average molecular weight is 342 g/mol. The lowest BCUT2D eigenvalue weighted by atomic mass is 9.86. The minimum absolute atomic E-state index is 0. The van der Waals surface area contributed by atoms with Crippen molar-refractivity contribution in [3.8, 4) is 5.75 Å². The van der Waals surface area contributed by atoms with Crippen molar-refractivity contribution in [1.82, 2.24) is 4.90 Å². The maximum atomic E-state index is 6.24. The summed E-state index contributed by atoms with van der Waals surface area (Å²) in [5.41, 5.74) is 2.43. The van der Waals surface area contributed by atoms with Crippen LogP contribution in [-0.2, 0) is 0 Å². The molecule has 5 rings (SSSR count). The highest BCUT2D eigenvalue weighted by molar-refractivity contribution is 5.85. The number of nitrogens with zero attached hydrogens (tertiary/aromatic N) is 1. The third-order valence-electron chi connectivity index (χ3n) is 5.03. The van der Waals surface area contributed by atoms with Gasteiger partial charge in [0, 0.05) is 6.54 Å². The summed E-state index contributed by atoms with van der Waals surface area (Å²) in [5.74, 6) is 1.75. The first-order chi connectivity index (χ1) is 11.4. The molecule has 0 radical (unpaired) electrons. The zero-order chi connectivity index (χ0) is 15.5. The van der Waals surface area contributed by atoms with Crippen LogP contribution < -0.4 is 4.74 Å². The van der Waals surface area contributed by atoms with Gasteiger partial charge >= 0.3 is 0 Å². The Labute approximate surface area is 150 Å². The van der Waals surface area contributed by atoms with Gasteiger partial charge < -0.3 is 4.74 Å². The lowest BCUT2D eigenvalue weighted by Crippen LogP contribution is -2.52. The van der Waals surface area contributed by atoms with E-state index in [1.807, 2.05) is 6.07 Å². The number of hydrogen-bond acceptors (Lipinski definition) is 2. The summed E-state index contributed by atoms with van der Waals surface area (Å²) < 4.78 is 6.24. The predicted molar refractivity (Wildman–Crippen MR) is 103 cm³/mol. The summed E-state index contributed by atoms with van der Waals surface area (Å²) in [5, 5.41) is 0. The van der Waals surface area contributed by atoms with Crippen LogP contribution in [0.25, 0.3) is 12.2 Å². The monoisotopic (exact) mass is 341 g/mol. The van der Waals surface area contributed by atoms with Crippen molar-refractivity contribution in [2.75, 3.05) is 19.6 Å². The van der Waals surface area contributed by atoms with Crippen molar-refractivity contribution >= 4 is 24.6 Å². The second-order valence-corrected chi connectivity index (χ2v) is 6.61. The van der Waals surface area contributed by atoms with Crippen LogP contribution in [0.2, 0.25) is 0 Å². The third-order valence-corrected chi connectivity index (χ3v) is 5.03. The highest BCUT2D eigenvalue weighted by Gasteiger charge is 2.35. The molecule has 24 heavy (non-hydrogen) atoms. The van der Waals surface area contributed by atoms with Crippen LogP contribution in [0.1, 0.15) is 24.0 Å². The maximum absolute atomic E-state index is 6.24. The Morgan fingerprint density at radius 1 is 0.833 bits per heavy atom. The Hall–Kier alpha value is -1.77. The molecule has 2 aromatic rings. The SMILES string of the molecule is C(=Cc1ccc(OC2CN3CCC2CC3)cc1)c1ccccc1.Cl. The van der Waals surface area contributed by atoms with Gasteiger partial charge in [0.15, 0.2) is 0 Å². The van der Waals surface area contributed by atoms with Crippen LogP contribution in [-0.4, -0.2) is 30.6 Å². The molecule has 3 aliphatic heterocycles. The fourth-order valence-electron chi connectivity index (χ4n) is 3.63. The second-order valence-electron chi connectivity index (χ2n) is 6.61. The number of halogens is 1. The minimum Gasteiger partial charge on any atom is -0.489 e. The quantitative estimate of drug-likeness (QED) is 0.744. The number of rotatable bonds is 4. The molecule has 3 aliphatic rings. The average Bonchev–Trinajstić information content (AvgIpc) is 2.63. The Balaban J connectivity index is 0.00000169. The molecule has 0 saturated carbocycles. The molecule has 0 spiro atoms. The molecule has 3 heterocycles. The van der Waals surface area contributed by atoms with Crippen molar-refractivity contribution in [2.45, 2.75) is 18.9 Å². The van der Waals surface area contributed by atoms with Crippen LogP contribution in [0.15, 0.2) is 54.6 Å². The van der Waals surface area contributed by atoms with E-state index < -0.39 is 0 Å². The number of hydrogen-bond donors (Lipinski definition) is 0. The first kappa shape index (κ1) is 17.1. The maximum Gasteiger partial charge on any atom is 0.119 e. The summed E-state index contributed by atoms with van der Waals surface area (Å²) in [6.07, 6.45) is 7.25. The number of piperidine rings is 3. The lowest BCUT2D eigenvalue weighted by molar-refractivity contribution is -0.00775. The van der Waals surface area contributed by atoms with Gasteiger partial charge in [-0.25, -0.2) is 0 Å². The van der Waals surface area contributed by atoms with Crippen LogP contribution in [0.5, 0.6) is 5.75 Å². The van der Waals surface area contributed by atoms with Crippen LogP contribution in [0.4, 0.5) is 0 Å². The molecule has 1 unspecified atom stereocenters.